The topological polar surface area (TPSA) is 44.9 Å². The van der Waals surface area contributed by atoms with Crippen LogP contribution in [0.5, 0.6) is 0 Å². The zero-order valence-electron chi connectivity index (χ0n) is 13.8. The predicted octanol–water partition coefficient (Wildman–Crippen LogP) is 3.76. The molecule has 0 aromatic carbocycles. The lowest BCUT2D eigenvalue weighted by Crippen LogP contribution is -2.37. The second-order valence-electron chi connectivity index (χ2n) is 7.58. The molecule has 3 rings (SSSR count). The van der Waals surface area contributed by atoms with E-state index in [1.165, 1.54) is 36.1 Å². The highest BCUT2D eigenvalue weighted by atomic mass is 16.2. The standard InChI is InChI=1S/C18H28N2O/c1-5-14(13-10-18(13,3)4)20-17(21)16-11(2)12-8-6-7-9-15(12)19-16/h13-14,19H,5-10H2,1-4H3,(H,20,21). The third kappa shape index (κ3) is 2.63. The van der Waals surface area contributed by atoms with Gasteiger partial charge in [0.25, 0.3) is 5.91 Å². The molecule has 21 heavy (non-hydrogen) atoms. The van der Waals surface area contributed by atoms with Gasteiger partial charge in [0.15, 0.2) is 0 Å². The highest BCUT2D eigenvalue weighted by Gasteiger charge is 2.49. The van der Waals surface area contributed by atoms with Crippen LogP contribution < -0.4 is 5.32 Å². The minimum Gasteiger partial charge on any atom is -0.354 e. The molecule has 0 aliphatic heterocycles. The molecule has 1 aromatic heterocycles. The lowest BCUT2D eigenvalue weighted by Gasteiger charge is -2.18. The predicted molar refractivity (Wildman–Crippen MR) is 85.6 cm³/mol. The first kappa shape index (κ1) is 14.7. The van der Waals surface area contributed by atoms with Crippen molar-refractivity contribution in [1.29, 1.82) is 0 Å². The number of nitrogens with one attached hydrogen (secondary N) is 2. The van der Waals surface area contributed by atoms with Crippen LogP contribution in [0, 0.1) is 18.3 Å². The van der Waals surface area contributed by atoms with E-state index in [1.807, 2.05) is 0 Å². The zero-order chi connectivity index (χ0) is 15.2. The Hall–Kier alpha value is -1.25. The van der Waals surface area contributed by atoms with Gasteiger partial charge >= 0.3 is 0 Å². The monoisotopic (exact) mass is 288 g/mol. The molecule has 0 bridgehead atoms. The van der Waals surface area contributed by atoms with Gasteiger partial charge in [-0.05, 0) is 67.9 Å². The molecule has 116 valence electrons. The molecule has 3 nitrogen and oxygen atoms in total. The van der Waals surface area contributed by atoms with Crippen LogP contribution in [-0.2, 0) is 12.8 Å². The molecule has 1 heterocycles. The molecule has 0 saturated heterocycles. The summed E-state index contributed by atoms with van der Waals surface area (Å²) >= 11 is 0. The lowest BCUT2D eigenvalue weighted by atomic mass is 9.95. The first-order valence-corrected chi connectivity index (χ1v) is 8.45. The number of amides is 1. The van der Waals surface area contributed by atoms with Crippen LogP contribution in [0.25, 0.3) is 0 Å². The van der Waals surface area contributed by atoms with Crippen molar-refractivity contribution in [3.8, 4) is 0 Å². The van der Waals surface area contributed by atoms with Gasteiger partial charge in [-0.3, -0.25) is 4.79 Å². The largest absolute Gasteiger partial charge is 0.354 e. The second-order valence-corrected chi connectivity index (χ2v) is 7.58. The van der Waals surface area contributed by atoms with E-state index in [2.05, 4.69) is 38.0 Å². The maximum absolute atomic E-state index is 12.7. The van der Waals surface area contributed by atoms with Crippen molar-refractivity contribution < 1.29 is 4.79 Å². The van der Waals surface area contributed by atoms with Crippen molar-refractivity contribution in [2.75, 3.05) is 0 Å². The van der Waals surface area contributed by atoms with Crippen LogP contribution in [0.2, 0.25) is 0 Å². The summed E-state index contributed by atoms with van der Waals surface area (Å²) in [5.41, 5.74) is 5.07. The smallest absolute Gasteiger partial charge is 0.268 e. The number of rotatable bonds is 4. The van der Waals surface area contributed by atoms with Crippen molar-refractivity contribution in [2.24, 2.45) is 11.3 Å². The second kappa shape index (κ2) is 5.19. The maximum atomic E-state index is 12.7. The normalized spacial score (nSPS) is 24.3. The van der Waals surface area contributed by atoms with Gasteiger partial charge in [0.1, 0.15) is 5.69 Å². The molecule has 0 radical (unpaired) electrons. The molecule has 2 aliphatic rings. The quantitative estimate of drug-likeness (QED) is 0.870. The molecule has 1 saturated carbocycles. The molecule has 2 aliphatic carbocycles. The maximum Gasteiger partial charge on any atom is 0.268 e. The van der Waals surface area contributed by atoms with Crippen molar-refractivity contribution in [1.82, 2.24) is 10.3 Å². The molecule has 1 fully saturated rings. The van der Waals surface area contributed by atoms with Gasteiger partial charge in [-0.25, -0.2) is 0 Å². The minimum atomic E-state index is 0.0939. The fraction of sp³-hybridized carbons (Fsp3) is 0.722. The Morgan fingerprint density at radius 3 is 2.62 bits per heavy atom. The Bertz CT molecular complexity index is 556. The van der Waals surface area contributed by atoms with E-state index < -0.39 is 0 Å². The summed E-state index contributed by atoms with van der Waals surface area (Å²) in [7, 11) is 0. The molecule has 2 atom stereocenters. The third-order valence-electron chi connectivity index (χ3n) is 5.63. The highest BCUT2D eigenvalue weighted by molar-refractivity contribution is 5.94. The molecule has 2 N–H and O–H groups in total. The first-order chi connectivity index (χ1) is 9.94. The summed E-state index contributed by atoms with van der Waals surface area (Å²) in [6.07, 6.45) is 6.95. The van der Waals surface area contributed by atoms with E-state index >= 15 is 0 Å². The Balaban J connectivity index is 1.75. The lowest BCUT2D eigenvalue weighted by molar-refractivity contribution is 0.0922. The Kier molecular flexibility index (Phi) is 3.62. The summed E-state index contributed by atoms with van der Waals surface area (Å²) in [4.78, 5) is 16.1. The number of hydrogen-bond donors (Lipinski definition) is 2. The molecule has 2 unspecified atom stereocenters. The number of H-pyrrole nitrogens is 1. The van der Waals surface area contributed by atoms with E-state index in [4.69, 9.17) is 0 Å². The van der Waals surface area contributed by atoms with E-state index in [0.717, 1.165) is 25.0 Å². The third-order valence-corrected chi connectivity index (χ3v) is 5.63. The molecule has 1 aromatic rings. The van der Waals surface area contributed by atoms with E-state index in [0.29, 0.717) is 17.4 Å². The Labute approximate surface area is 127 Å². The minimum absolute atomic E-state index is 0.0939. The first-order valence-electron chi connectivity index (χ1n) is 8.45. The van der Waals surface area contributed by atoms with Crippen molar-refractivity contribution in [3.63, 3.8) is 0 Å². The number of aromatic nitrogens is 1. The fourth-order valence-corrected chi connectivity index (χ4v) is 4.00. The molecule has 0 spiro atoms. The number of hydrogen-bond acceptors (Lipinski definition) is 1. The Morgan fingerprint density at radius 2 is 2.05 bits per heavy atom. The van der Waals surface area contributed by atoms with Gasteiger partial charge in [-0.1, -0.05) is 20.8 Å². The number of carbonyl (C=O) groups excluding carboxylic acids is 1. The average molecular weight is 288 g/mol. The van der Waals surface area contributed by atoms with Gasteiger partial charge in [0.05, 0.1) is 0 Å². The number of fused-ring (bicyclic) bond motifs is 1. The Morgan fingerprint density at radius 1 is 1.38 bits per heavy atom. The SMILES string of the molecule is CCC(NC(=O)c1[nH]c2c(c1C)CCCC2)C1CC1(C)C. The molecule has 1 amide bonds. The van der Waals surface area contributed by atoms with E-state index in [-0.39, 0.29) is 5.91 Å². The fourth-order valence-electron chi connectivity index (χ4n) is 4.00. The van der Waals surface area contributed by atoms with Crippen LogP contribution in [-0.4, -0.2) is 16.9 Å². The van der Waals surface area contributed by atoms with E-state index in [1.54, 1.807) is 0 Å². The van der Waals surface area contributed by atoms with Crippen molar-refractivity contribution >= 4 is 5.91 Å². The van der Waals surface area contributed by atoms with Gasteiger partial charge in [0.2, 0.25) is 0 Å². The molecular formula is C18H28N2O. The van der Waals surface area contributed by atoms with Crippen LogP contribution in [0.3, 0.4) is 0 Å². The van der Waals surface area contributed by atoms with Gasteiger partial charge < -0.3 is 10.3 Å². The summed E-state index contributed by atoms with van der Waals surface area (Å²) in [5.74, 6) is 0.729. The van der Waals surface area contributed by atoms with Crippen LogP contribution >= 0.6 is 0 Å². The zero-order valence-corrected chi connectivity index (χ0v) is 13.8. The van der Waals surface area contributed by atoms with Gasteiger partial charge in [0, 0.05) is 11.7 Å². The molecule has 3 heteroatoms. The molecular weight excluding hydrogens is 260 g/mol. The van der Waals surface area contributed by atoms with Crippen LogP contribution in [0.1, 0.15) is 73.8 Å². The summed E-state index contributed by atoms with van der Waals surface area (Å²) < 4.78 is 0. The summed E-state index contributed by atoms with van der Waals surface area (Å²) in [6.45, 7) is 8.86. The average Bonchev–Trinajstić information content (AvgIpc) is 2.95. The summed E-state index contributed by atoms with van der Waals surface area (Å²) in [6, 6.07) is 0.312. The number of aromatic amines is 1. The van der Waals surface area contributed by atoms with Crippen molar-refractivity contribution in [2.45, 2.75) is 72.3 Å². The van der Waals surface area contributed by atoms with Gasteiger partial charge in [-0.2, -0.15) is 0 Å². The number of aryl methyl sites for hydroxylation is 1. The number of carbonyl (C=O) groups is 1. The van der Waals surface area contributed by atoms with Crippen molar-refractivity contribution in [3.05, 3.63) is 22.5 Å². The van der Waals surface area contributed by atoms with Gasteiger partial charge in [-0.15, -0.1) is 0 Å². The van der Waals surface area contributed by atoms with Crippen LogP contribution in [0.4, 0.5) is 0 Å². The summed E-state index contributed by atoms with van der Waals surface area (Å²) in [5, 5.41) is 3.28. The van der Waals surface area contributed by atoms with Crippen LogP contribution in [0.15, 0.2) is 0 Å². The van der Waals surface area contributed by atoms with E-state index in [9.17, 15) is 4.79 Å². The highest BCUT2D eigenvalue weighted by Crippen LogP contribution is 2.54.